The highest BCUT2D eigenvalue weighted by Crippen LogP contribution is 2.25. The van der Waals surface area contributed by atoms with Gasteiger partial charge in [-0.2, -0.15) is 5.10 Å². The summed E-state index contributed by atoms with van der Waals surface area (Å²) in [5, 5.41) is 10.0. The third-order valence-corrected chi connectivity index (χ3v) is 2.98. The van der Waals surface area contributed by atoms with Crippen LogP contribution in [0.2, 0.25) is 10.0 Å². The maximum atomic E-state index is 11.7. The summed E-state index contributed by atoms with van der Waals surface area (Å²) in [5.74, 6) is 0.590. The van der Waals surface area contributed by atoms with E-state index in [4.69, 9.17) is 23.2 Å². The number of carbonyl (C=O) groups excluding carboxylic acids is 1. The first-order chi connectivity index (χ1) is 8.56. The number of halogens is 2. The summed E-state index contributed by atoms with van der Waals surface area (Å²) in [6.07, 6.45) is 1.59. The lowest BCUT2D eigenvalue weighted by Gasteiger charge is -2.08. The largest absolute Gasteiger partial charge is 0.324 e. The molecule has 0 aliphatic rings. The van der Waals surface area contributed by atoms with Crippen LogP contribution in [0.3, 0.4) is 0 Å². The normalized spacial score (nSPS) is 10.2. The van der Waals surface area contributed by atoms with Crippen molar-refractivity contribution in [2.75, 3.05) is 10.6 Å². The summed E-state index contributed by atoms with van der Waals surface area (Å²) in [6, 6.07) is 6.17. The molecule has 2 N–H and O–H groups in total. The number of carbonyl (C=O) groups is 1. The Bertz CT molecular complexity index is 582. The third-order valence-electron chi connectivity index (χ3n) is 2.24. The molecule has 1 aromatic carbocycles. The van der Waals surface area contributed by atoms with Crippen molar-refractivity contribution in [2.45, 2.75) is 0 Å². The number of hydrogen-bond acceptors (Lipinski definition) is 2. The third kappa shape index (κ3) is 2.94. The van der Waals surface area contributed by atoms with Crippen LogP contribution in [0.25, 0.3) is 0 Å². The van der Waals surface area contributed by atoms with Crippen molar-refractivity contribution in [3.8, 4) is 0 Å². The summed E-state index contributed by atoms with van der Waals surface area (Å²) in [6.45, 7) is 0. The maximum absolute atomic E-state index is 11.7. The molecule has 0 saturated carbocycles. The zero-order valence-electron chi connectivity index (χ0n) is 9.45. The van der Waals surface area contributed by atoms with E-state index in [2.05, 4.69) is 15.7 Å². The molecular formula is C11H10Cl2N4O. The quantitative estimate of drug-likeness (QED) is 0.888. The van der Waals surface area contributed by atoms with Crippen molar-refractivity contribution in [2.24, 2.45) is 7.05 Å². The lowest BCUT2D eigenvalue weighted by atomic mass is 10.3. The molecule has 0 spiro atoms. The molecule has 0 bridgehead atoms. The van der Waals surface area contributed by atoms with Crippen LogP contribution < -0.4 is 10.6 Å². The summed E-state index contributed by atoms with van der Waals surface area (Å²) >= 11 is 11.6. The molecule has 1 heterocycles. The number of hydrogen-bond donors (Lipinski definition) is 2. The molecule has 0 radical (unpaired) electrons. The van der Waals surface area contributed by atoms with E-state index < -0.39 is 0 Å². The SMILES string of the molecule is Cn1nccc1NC(=O)Nc1ccc(Cl)c(Cl)c1. The van der Waals surface area contributed by atoms with E-state index in [0.29, 0.717) is 21.6 Å². The van der Waals surface area contributed by atoms with E-state index in [-0.39, 0.29) is 6.03 Å². The Kier molecular flexibility index (Phi) is 3.74. The fourth-order valence-corrected chi connectivity index (χ4v) is 1.65. The second-order valence-electron chi connectivity index (χ2n) is 3.55. The van der Waals surface area contributed by atoms with Gasteiger partial charge in [0.05, 0.1) is 16.2 Å². The van der Waals surface area contributed by atoms with Crippen LogP contribution in [-0.4, -0.2) is 15.8 Å². The van der Waals surface area contributed by atoms with Gasteiger partial charge in [0.15, 0.2) is 0 Å². The van der Waals surface area contributed by atoms with Gasteiger partial charge in [-0.1, -0.05) is 23.2 Å². The lowest BCUT2D eigenvalue weighted by molar-refractivity contribution is 0.262. The standard InChI is InChI=1S/C11H10Cl2N4O/c1-17-10(4-5-14-17)16-11(18)15-7-2-3-8(12)9(13)6-7/h2-6H,1H3,(H2,15,16,18). The molecule has 2 amide bonds. The number of nitrogens with one attached hydrogen (secondary N) is 2. The van der Waals surface area contributed by atoms with Crippen LogP contribution in [-0.2, 0) is 7.05 Å². The molecule has 0 saturated heterocycles. The average Bonchev–Trinajstić information content (AvgIpc) is 2.70. The minimum absolute atomic E-state index is 0.378. The molecule has 18 heavy (non-hydrogen) atoms. The maximum Gasteiger partial charge on any atom is 0.324 e. The number of aryl methyl sites for hydroxylation is 1. The van der Waals surface area contributed by atoms with Gasteiger partial charge in [-0.25, -0.2) is 4.79 Å². The van der Waals surface area contributed by atoms with E-state index in [9.17, 15) is 4.79 Å². The molecule has 5 nitrogen and oxygen atoms in total. The highest BCUT2D eigenvalue weighted by Gasteiger charge is 2.06. The Morgan fingerprint density at radius 2 is 2.00 bits per heavy atom. The van der Waals surface area contributed by atoms with E-state index in [1.807, 2.05) is 0 Å². The fourth-order valence-electron chi connectivity index (χ4n) is 1.35. The number of rotatable bonds is 2. The summed E-state index contributed by atoms with van der Waals surface area (Å²) < 4.78 is 1.55. The van der Waals surface area contributed by atoms with Gasteiger partial charge in [-0.05, 0) is 18.2 Å². The zero-order valence-corrected chi connectivity index (χ0v) is 11.0. The molecule has 2 rings (SSSR count). The number of nitrogens with zero attached hydrogens (tertiary/aromatic N) is 2. The molecule has 0 atom stereocenters. The molecule has 0 aliphatic heterocycles. The average molecular weight is 285 g/mol. The van der Waals surface area contributed by atoms with Crippen LogP contribution in [0.15, 0.2) is 30.5 Å². The smallest absolute Gasteiger partial charge is 0.308 e. The van der Waals surface area contributed by atoms with E-state index in [1.54, 1.807) is 42.2 Å². The molecular weight excluding hydrogens is 275 g/mol. The van der Waals surface area contributed by atoms with Crippen molar-refractivity contribution >= 4 is 40.7 Å². The Labute approximate surface area is 114 Å². The summed E-state index contributed by atoms with van der Waals surface area (Å²) in [4.78, 5) is 11.7. The number of urea groups is 1. The van der Waals surface area contributed by atoms with Crippen molar-refractivity contribution in [1.29, 1.82) is 0 Å². The zero-order chi connectivity index (χ0) is 13.1. The minimum atomic E-state index is -0.378. The van der Waals surface area contributed by atoms with Gasteiger partial charge in [0, 0.05) is 18.8 Å². The number of aromatic nitrogens is 2. The predicted molar refractivity (Wildman–Crippen MR) is 72.3 cm³/mol. The van der Waals surface area contributed by atoms with Crippen LogP contribution in [0, 0.1) is 0 Å². The van der Waals surface area contributed by atoms with Gasteiger partial charge < -0.3 is 5.32 Å². The Hall–Kier alpha value is -1.72. The molecule has 0 fully saturated rings. The molecule has 7 heteroatoms. The number of anilines is 2. The number of benzene rings is 1. The topological polar surface area (TPSA) is 59.0 Å². The second-order valence-corrected chi connectivity index (χ2v) is 4.36. The number of amides is 2. The molecule has 94 valence electrons. The molecule has 0 aliphatic carbocycles. The lowest BCUT2D eigenvalue weighted by Crippen LogP contribution is -2.21. The van der Waals surface area contributed by atoms with Gasteiger partial charge in [0.2, 0.25) is 0 Å². The first-order valence-corrected chi connectivity index (χ1v) is 5.83. The second kappa shape index (κ2) is 5.29. The van der Waals surface area contributed by atoms with E-state index in [1.165, 1.54) is 0 Å². The molecule has 1 aromatic heterocycles. The summed E-state index contributed by atoms with van der Waals surface area (Å²) in [7, 11) is 1.73. The van der Waals surface area contributed by atoms with Gasteiger partial charge in [-0.15, -0.1) is 0 Å². The van der Waals surface area contributed by atoms with Crippen molar-refractivity contribution in [3.63, 3.8) is 0 Å². The minimum Gasteiger partial charge on any atom is -0.308 e. The predicted octanol–water partition coefficient (Wildman–Crippen LogP) is 3.37. The Morgan fingerprint density at radius 3 is 2.61 bits per heavy atom. The highest BCUT2D eigenvalue weighted by molar-refractivity contribution is 6.42. The molecule has 2 aromatic rings. The van der Waals surface area contributed by atoms with Crippen LogP contribution in [0.1, 0.15) is 0 Å². The molecule has 0 unspecified atom stereocenters. The summed E-state index contributed by atoms with van der Waals surface area (Å²) in [5.41, 5.74) is 0.559. The first-order valence-electron chi connectivity index (χ1n) is 5.07. The van der Waals surface area contributed by atoms with Crippen molar-refractivity contribution in [1.82, 2.24) is 9.78 Å². The van der Waals surface area contributed by atoms with Gasteiger partial charge >= 0.3 is 6.03 Å². The van der Waals surface area contributed by atoms with E-state index >= 15 is 0 Å². The van der Waals surface area contributed by atoms with Gasteiger partial charge in [0.25, 0.3) is 0 Å². The van der Waals surface area contributed by atoms with Crippen LogP contribution in [0.4, 0.5) is 16.3 Å². The van der Waals surface area contributed by atoms with Crippen molar-refractivity contribution < 1.29 is 4.79 Å². The van der Waals surface area contributed by atoms with Gasteiger partial charge in [-0.3, -0.25) is 10.00 Å². The Balaban J connectivity index is 2.03. The highest BCUT2D eigenvalue weighted by atomic mass is 35.5. The van der Waals surface area contributed by atoms with Crippen LogP contribution in [0.5, 0.6) is 0 Å². The first kappa shape index (κ1) is 12.7. The van der Waals surface area contributed by atoms with Gasteiger partial charge in [0.1, 0.15) is 5.82 Å². The fraction of sp³-hybridized carbons (Fsp3) is 0.0909. The monoisotopic (exact) mass is 284 g/mol. The van der Waals surface area contributed by atoms with Crippen molar-refractivity contribution in [3.05, 3.63) is 40.5 Å². The van der Waals surface area contributed by atoms with Crippen LogP contribution >= 0.6 is 23.2 Å². The van der Waals surface area contributed by atoms with E-state index in [0.717, 1.165) is 0 Å². The Morgan fingerprint density at radius 1 is 1.22 bits per heavy atom.